The van der Waals surface area contributed by atoms with E-state index in [1.54, 1.807) is 0 Å². The zero-order valence-corrected chi connectivity index (χ0v) is 9.40. The van der Waals surface area contributed by atoms with Gasteiger partial charge in [-0.05, 0) is 18.2 Å². The highest BCUT2D eigenvalue weighted by molar-refractivity contribution is 6.11. The maximum atomic E-state index is 11.8. The van der Waals surface area contributed by atoms with E-state index in [9.17, 15) is 4.79 Å². The minimum atomic E-state index is -0.104. The molecule has 0 saturated heterocycles. The number of para-hydroxylation sites is 1. The van der Waals surface area contributed by atoms with Gasteiger partial charge in [0.1, 0.15) is 0 Å². The van der Waals surface area contributed by atoms with E-state index < -0.39 is 0 Å². The Morgan fingerprint density at radius 1 is 0.944 bits per heavy atom. The van der Waals surface area contributed by atoms with Crippen LogP contribution >= 0.6 is 0 Å². The van der Waals surface area contributed by atoms with Gasteiger partial charge in [-0.1, -0.05) is 18.2 Å². The van der Waals surface area contributed by atoms with E-state index in [1.165, 1.54) is 6.33 Å². The summed E-state index contributed by atoms with van der Waals surface area (Å²) in [5, 5.41) is 2.80. The van der Waals surface area contributed by atoms with Crippen LogP contribution in [-0.2, 0) is 0 Å². The molecule has 0 atom stereocenters. The molecule has 4 aromatic rings. The first-order chi connectivity index (χ1) is 8.83. The minimum Gasteiger partial charge on any atom is -0.354 e. The predicted octanol–water partition coefficient (Wildman–Crippen LogP) is 2.56. The number of aromatic amines is 2. The van der Waals surface area contributed by atoms with Crippen molar-refractivity contribution in [3.63, 3.8) is 0 Å². The van der Waals surface area contributed by atoms with Crippen molar-refractivity contribution < 1.29 is 0 Å². The third-order valence-electron chi connectivity index (χ3n) is 3.27. The molecule has 0 aliphatic heterocycles. The van der Waals surface area contributed by atoms with Crippen molar-refractivity contribution in [2.24, 2.45) is 0 Å². The number of benzene rings is 2. The number of nitrogens with zero attached hydrogens (tertiary/aromatic N) is 1. The smallest absolute Gasteiger partial charge is 0.258 e. The standard InChI is InChI=1S/C14H9N3O/c18-14-10-5-9-8-3-1-2-4-11(8)17-13(9)6-12(10)15-7-16-14/h1-7,17H,(H,15,16,18). The highest BCUT2D eigenvalue weighted by atomic mass is 16.1. The molecular weight excluding hydrogens is 226 g/mol. The van der Waals surface area contributed by atoms with Crippen LogP contribution in [0.4, 0.5) is 0 Å². The second-order valence-corrected chi connectivity index (χ2v) is 4.32. The number of fused-ring (bicyclic) bond motifs is 4. The number of hydrogen-bond donors (Lipinski definition) is 2. The number of rotatable bonds is 0. The van der Waals surface area contributed by atoms with Crippen LogP contribution in [0.1, 0.15) is 0 Å². The van der Waals surface area contributed by atoms with Crippen LogP contribution < -0.4 is 5.56 Å². The van der Waals surface area contributed by atoms with Gasteiger partial charge in [0.15, 0.2) is 0 Å². The zero-order valence-electron chi connectivity index (χ0n) is 9.40. The van der Waals surface area contributed by atoms with Crippen molar-refractivity contribution in [3.05, 3.63) is 53.1 Å². The summed E-state index contributed by atoms with van der Waals surface area (Å²) in [5.41, 5.74) is 2.67. The van der Waals surface area contributed by atoms with Crippen molar-refractivity contribution in [2.45, 2.75) is 0 Å². The Hall–Kier alpha value is -2.62. The van der Waals surface area contributed by atoms with Gasteiger partial charge in [0.2, 0.25) is 0 Å². The van der Waals surface area contributed by atoms with Crippen molar-refractivity contribution in [2.75, 3.05) is 0 Å². The number of nitrogens with one attached hydrogen (secondary N) is 2. The molecule has 2 heterocycles. The van der Waals surface area contributed by atoms with Gasteiger partial charge in [-0.15, -0.1) is 0 Å². The molecule has 0 radical (unpaired) electrons. The van der Waals surface area contributed by atoms with E-state index in [0.29, 0.717) is 10.9 Å². The van der Waals surface area contributed by atoms with Crippen molar-refractivity contribution >= 4 is 32.7 Å². The summed E-state index contributed by atoms with van der Waals surface area (Å²) < 4.78 is 0. The topological polar surface area (TPSA) is 61.5 Å². The maximum absolute atomic E-state index is 11.8. The number of H-pyrrole nitrogens is 2. The first-order valence-electron chi connectivity index (χ1n) is 5.71. The average Bonchev–Trinajstić information content (AvgIpc) is 2.75. The summed E-state index contributed by atoms with van der Waals surface area (Å²) in [5.74, 6) is 0. The Bertz CT molecular complexity index is 949. The molecule has 0 saturated carbocycles. The molecule has 0 amide bonds. The van der Waals surface area contributed by atoms with E-state index in [0.717, 1.165) is 21.8 Å². The fourth-order valence-electron chi connectivity index (χ4n) is 2.41. The van der Waals surface area contributed by atoms with E-state index in [-0.39, 0.29) is 5.56 Å². The van der Waals surface area contributed by atoms with Crippen molar-refractivity contribution in [1.29, 1.82) is 0 Å². The lowest BCUT2D eigenvalue weighted by molar-refractivity contribution is 1.17. The lowest BCUT2D eigenvalue weighted by atomic mass is 10.1. The molecule has 4 nitrogen and oxygen atoms in total. The molecule has 2 aromatic heterocycles. The van der Waals surface area contributed by atoms with Crippen LogP contribution in [0, 0.1) is 0 Å². The molecule has 0 fully saturated rings. The second kappa shape index (κ2) is 3.20. The minimum absolute atomic E-state index is 0.104. The van der Waals surface area contributed by atoms with E-state index in [1.807, 2.05) is 36.4 Å². The molecule has 0 spiro atoms. The molecule has 4 rings (SSSR count). The van der Waals surface area contributed by atoms with Gasteiger partial charge in [0, 0.05) is 21.8 Å². The van der Waals surface area contributed by atoms with Gasteiger partial charge in [-0.25, -0.2) is 4.98 Å². The lowest BCUT2D eigenvalue weighted by Gasteiger charge is -1.96. The first kappa shape index (κ1) is 9.41. The van der Waals surface area contributed by atoms with Gasteiger partial charge in [0.05, 0.1) is 17.2 Å². The van der Waals surface area contributed by atoms with Gasteiger partial charge >= 0.3 is 0 Å². The third kappa shape index (κ3) is 1.14. The molecule has 0 aliphatic carbocycles. The first-order valence-corrected chi connectivity index (χ1v) is 5.71. The molecular formula is C14H9N3O. The summed E-state index contributed by atoms with van der Waals surface area (Å²) in [4.78, 5) is 21.9. The zero-order chi connectivity index (χ0) is 12.1. The Morgan fingerprint density at radius 3 is 2.78 bits per heavy atom. The van der Waals surface area contributed by atoms with Crippen LogP contribution in [0.2, 0.25) is 0 Å². The highest BCUT2D eigenvalue weighted by Crippen LogP contribution is 2.27. The largest absolute Gasteiger partial charge is 0.354 e. The number of aromatic nitrogens is 3. The summed E-state index contributed by atoms with van der Waals surface area (Å²) in [6.07, 6.45) is 1.43. The Kier molecular flexibility index (Phi) is 1.67. The highest BCUT2D eigenvalue weighted by Gasteiger charge is 2.07. The van der Waals surface area contributed by atoms with Crippen molar-refractivity contribution in [3.8, 4) is 0 Å². The number of hydrogen-bond acceptors (Lipinski definition) is 2. The van der Waals surface area contributed by atoms with Crippen LogP contribution in [0.15, 0.2) is 47.5 Å². The molecule has 18 heavy (non-hydrogen) atoms. The molecule has 4 heteroatoms. The van der Waals surface area contributed by atoms with Gasteiger partial charge in [-0.3, -0.25) is 4.79 Å². The summed E-state index contributed by atoms with van der Waals surface area (Å²) in [6, 6.07) is 11.9. The molecule has 0 aliphatic rings. The molecule has 0 unspecified atom stereocenters. The Labute approximate surface area is 101 Å². The van der Waals surface area contributed by atoms with E-state index in [2.05, 4.69) is 15.0 Å². The van der Waals surface area contributed by atoms with Crippen molar-refractivity contribution in [1.82, 2.24) is 15.0 Å². The fraction of sp³-hybridized carbons (Fsp3) is 0. The van der Waals surface area contributed by atoms with E-state index in [4.69, 9.17) is 0 Å². The van der Waals surface area contributed by atoms with Crippen LogP contribution in [0.5, 0.6) is 0 Å². The average molecular weight is 235 g/mol. The maximum Gasteiger partial charge on any atom is 0.258 e. The SMILES string of the molecule is O=c1[nH]cnc2cc3[nH]c4ccccc4c3cc12. The molecule has 0 bridgehead atoms. The quantitative estimate of drug-likeness (QED) is 0.492. The summed E-state index contributed by atoms with van der Waals surface area (Å²) in [7, 11) is 0. The summed E-state index contributed by atoms with van der Waals surface area (Å²) in [6.45, 7) is 0. The Balaban J connectivity index is 2.32. The molecule has 86 valence electrons. The van der Waals surface area contributed by atoms with E-state index >= 15 is 0 Å². The second-order valence-electron chi connectivity index (χ2n) is 4.32. The fourth-order valence-corrected chi connectivity index (χ4v) is 2.41. The van der Waals surface area contributed by atoms with Crippen LogP contribution in [-0.4, -0.2) is 15.0 Å². The molecule has 2 aromatic carbocycles. The molecule has 2 N–H and O–H groups in total. The Morgan fingerprint density at radius 2 is 1.83 bits per heavy atom. The third-order valence-corrected chi connectivity index (χ3v) is 3.27. The van der Waals surface area contributed by atoms with Gasteiger partial charge in [0.25, 0.3) is 5.56 Å². The summed E-state index contributed by atoms with van der Waals surface area (Å²) >= 11 is 0. The van der Waals surface area contributed by atoms with Gasteiger partial charge in [-0.2, -0.15) is 0 Å². The van der Waals surface area contributed by atoms with Crippen LogP contribution in [0.25, 0.3) is 32.7 Å². The lowest BCUT2D eigenvalue weighted by Crippen LogP contribution is -2.05. The predicted molar refractivity (Wildman–Crippen MR) is 71.7 cm³/mol. The van der Waals surface area contributed by atoms with Gasteiger partial charge < -0.3 is 9.97 Å². The van der Waals surface area contributed by atoms with Crippen LogP contribution in [0.3, 0.4) is 0 Å². The normalized spacial score (nSPS) is 11.6. The monoisotopic (exact) mass is 235 g/mol.